The zero-order valence-corrected chi connectivity index (χ0v) is 12.0. The number of aryl methyl sites for hydroxylation is 1. The van der Waals surface area contributed by atoms with E-state index in [1.54, 1.807) is 0 Å². The molecule has 1 aliphatic heterocycles. The van der Waals surface area contributed by atoms with Gasteiger partial charge in [-0.25, -0.2) is 0 Å². The summed E-state index contributed by atoms with van der Waals surface area (Å²) in [7, 11) is 0. The van der Waals surface area contributed by atoms with Gasteiger partial charge in [-0.3, -0.25) is 0 Å². The molecule has 2 nitrogen and oxygen atoms in total. The quantitative estimate of drug-likeness (QED) is 0.821. The van der Waals surface area contributed by atoms with E-state index in [9.17, 15) is 0 Å². The van der Waals surface area contributed by atoms with E-state index < -0.39 is 0 Å². The van der Waals surface area contributed by atoms with Gasteiger partial charge in [0.2, 0.25) is 0 Å². The molecule has 0 spiro atoms. The molecule has 0 saturated carbocycles. The molecule has 3 rings (SSSR count). The van der Waals surface area contributed by atoms with Crippen molar-refractivity contribution in [2.75, 3.05) is 17.2 Å². The summed E-state index contributed by atoms with van der Waals surface area (Å²) in [5.41, 5.74) is 10.7. The highest BCUT2D eigenvalue weighted by Crippen LogP contribution is 2.35. The van der Waals surface area contributed by atoms with Crippen molar-refractivity contribution in [1.82, 2.24) is 0 Å². The first-order valence-corrected chi connectivity index (χ1v) is 7.43. The van der Waals surface area contributed by atoms with Crippen LogP contribution in [0, 0.1) is 6.92 Å². The molecule has 1 fully saturated rings. The Labute approximate surface area is 121 Å². The number of anilines is 2. The number of piperidine rings is 1. The monoisotopic (exact) mass is 266 g/mol. The minimum Gasteiger partial charge on any atom is -0.399 e. The van der Waals surface area contributed by atoms with Crippen LogP contribution >= 0.6 is 0 Å². The molecule has 1 atom stereocenters. The second-order valence-corrected chi connectivity index (χ2v) is 5.71. The first kappa shape index (κ1) is 13.0. The standard InChI is InChI=1S/C18H22N2/c1-14-5-4-6-17(13-14)20-12-3-2-7-18(20)15-8-10-16(19)11-9-15/h4-6,8-11,13,18H,2-3,7,12,19H2,1H3. The van der Waals surface area contributed by atoms with E-state index in [1.165, 1.54) is 36.1 Å². The summed E-state index contributed by atoms with van der Waals surface area (Å²) in [6.07, 6.45) is 3.80. The lowest BCUT2D eigenvalue weighted by atomic mass is 9.94. The van der Waals surface area contributed by atoms with Crippen molar-refractivity contribution in [3.8, 4) is 0 Å². The van der Waals surface area contributed by atoms with E-state index in [4.69, 9.17) is 5.73 Å². The lowest BCUT2D eigenvalue weighted by Gasteiger charge is -2.38. The number of nitrogens with two attached hydrogens (primary N) is 1. The van der Waals surface area contributed by atoms with Gasteiger partial charge in [0, 0.05) is 17.9 Å². The van der Waals surface area contributed by atoms with Crippen molar-refractivity contribution in [3.05, 3.63) is 59.7 Å². The molecular weight excluding hydrogens is 244 g/mol. The van der Waals surface area contributed by atoms with Gasteiger partial charge in [0.25, 0.3) is 0 Å². The number of hydrogen-bond acceptors (Lipinski definition) is 2. The minimum absolute atomic E-state index is 0.478. The Morgan fingerprint density at radius 3 is 2.60 bits per heavy atom. The van der Waals surface area contributed by atoms with Crippen LogP contribution in [0.25, 0.3) is 0 Å². The Morgan fingerprint density at radius 1 is 1.05 bits per heavy atom. The van der Waals surface area contributed by atoms with Gasteiger partial charge in [-0.1, -0.05) is 24.3 Å². The fraction of sp³-hybridized carbons (Fsp3) is 0.333. The summed E-state index contributed by atoms with van der Waals surface area (Å²) in [6.45, 7) is 3.30. The van der Waals surface area contributed by atoms with Crippen molar-refractivity contribution in [2.45, 2.75) is 32.2 Å². The Hall–Kier alpha value is -1.96. The lowest BCUT2D eigenvalue weighted by Crippen LogP contribution is -2.33. The van der Waals surface area contributed by atoms with E-state index >= 15 is 0 Å². The molecule has 0 aromatic heterocycles. The van der Waals surface area contributed by atoms with Crippen molar-refractivity contribution in [3.63, 3.8) is 0 Å². The molecule has 1 aliphatic rings. The maximum Gasteiger partial charge on any atom is 0.0542 e. The zero-order valence-electron chi connectivity index (χ0n) is 12.0. The largest absolute Gasteiger partial charge is 0.399 e. The average Bonchev–Trinajstić information content (AvgIpc) is 2.48. The fourth-order valence-electron chi connectivity index (χ4n) is 3.11. The van der Waals surface area contributed by atoms with Gasteiger partial charge >= 0.3 is 0 Å². The predicted molar refractivity (Wildman–Crippen MR) is 86.0 cm³/mol. The second kappa shape index (κ2) is 5.58. The summed E-state index contributed by atoms with van der Waals surface area (Å²) in [5.74, 6) is 0. The third-order valence-electron chi connectivity index (χ3n) is 4.16. The molecular formula is C18H22N2. The predicted octanol–water partition coefficient (Wildman–Crippen LogP) is 4.31. The molecule has 104 valence electrons. The summed E-state index contributed by atoms with van der Waals surface area (Å²) < 4.78 is 0. The zero-order chi connectivity index (χ0) is 13.9. The molecule has 0 aliphatic carbocycles. The molecule has 2 N–H and O–H groups in total. The molecule has 20 heavy (non-hydrogen) atoms. The summed E-state index contributed by atoms with van der Waals surface area (Å²) >= 11 is 0. The first-order valence-electron chi connectivity index (χ1n) is 7.43. The second-order valence-electron chi connectivity index (χ2n) is 5.71. The van der Waals surface area contributed by atoms with Crippen molar-refractivity contribution >= 4 is 11.4 Å². The average molecular weight is 266 g/mol. The third kappa shape index (κ3) is 2.64. The Morgan fingerprint density at radius 2 is 1.85 bits per heavy atom. The maximum atomic E-state index is 5.81. The highest BCUT2D eigenvalue weighted by molar-refractivity contribution is 5.52. The summed E-state index contributed by atoms with van der Waals surface area (Å²) in [4.78, 5) is 2.54. The van der Waals surface area contributed by atoms with Crippen LogP contribution in [-0.4, -0.2) is 6.54 Å². The van der Waals surface area contributed by atoms with Crippen LogP contribution in [0.5, 0.6) is 0 Å². The van der Waals surface area contributed by atoms with Crippen LogP contribution in [0.1, 0.15) is 36.4 Å². The first-order chi connectivity index (χ1) is 9.74. The minimum atomic E-state index is 0.478. The molecule has 1 unspecified atom stereocenters. The molecule has 2 aromatic carbocycles. The normalized spacial score (nSPS) is 19.1. The van der Waals surface area contributed by atoms with Gasteiger partial charge < -0.3 is 10.6 Å². The van der Waals surface area contributed by atoms with Crippen LogP contribution < -0.4 is 10.6 Å². The Bertz CT molecular complexity index is 574. The van der Waals surface area contributed by atoms with Crippen LogP contribution in [0.15, 0.2) is 48.5 Å². The number of hydrogen-bond donors (Lipinski definition) is 1. The number of nitrogen functional groups attached to an aromatic ring is 1. The molecule has 2 heteroatoms. The van der Waals surface area contributed by atoms with E-state index in [-0.39, 0.29) is 0 Å². The van der Waals surface area contributed by atoms with E-state index in [2.05, 4.69) is 48.2 Å². The third-order valence-corrected chi connectivity index (χ3v) is 4.16. The van der Waals surface area contributed by atoms with Crippen LogP contribution in [-0.2, 0) is 0 Å². The van der Waals surface area contributed by atoms with E-state index in [0.717, 1.165) is 12.2 Å². The number of benzene rings is 2. The van der Waals surface area contributed by atoms with Crippen LogP contribution in [0.3, 0.4) is 0 Å². The number of nitrogens with zero attached hydrogens (tertiary/aromatic N) is 1. The fourth-order valence-corrected chi connectivity index (χ4v) is 3.11. The molecule has 0 radical (unpaired) electrons. The maximum absolute atomic E-state index is 5.81. The van der Waals surface area contributed by atoms with Gasteiger partial charge in [0.1, 0.15) is 0 Å². The highest BCUT2D eigenvalue weighted by Gasteiger charge is 2.24. The van der Waals surface area contributed by atoms with E-state index in [0.29, 0.717) is 6.04 Å². The van der Waals surface area contributed by atoms with Crippen molar-refractivity contribution in [1.29, 1.82) is 0 Å². The molecule has 1 heterocycles. The van der Waals surface area contributed by atoms with Crippen molar-refractivity contribution in [2.24, 2.45) is 0 Å². The van der Waals surface area contributed by atoms with Crippen LogP contribution in [0.4, 0.5) is 11.4 Å². The highest BCUT2D eigenvalue weighted by atomic mass is 15.2. The van der Waals surface area contributed by atoms with Gasteiger partial charge in [-0.15, -0.1) is 0 Å². The SMILES string of the molecule is Cc1cccc(N2CCCCC2c2ccc(N)cc2)c1. The Kier molecular flexibility index (Phi) is 3.64. The van der Waals surface area contributed by atoms with E-state index in [1.807, 2.05) is 12.1 Å². The van der Waals surface area contributed by atoms with Crippen molar-refractivity contribution < 1.29 is 0 Å². The molecule has 0 amide bonds. The van der Waals surface area contributed by atoms with Gasteiger partial charge in [-0.2, -0.15) is 0 Å². The van der Waals surface area contributed by atoms with Gasteiger partial charge in [0.15, 0.2) is 0 Å². The van der Waals surface area contributed by atoms with Crippen LogP contribution in [0.2, 0.25) is 0 Å². The summed E-state index contributed by atoms with van der Waals surface area (Å²) in [6, 6.07) is 17.7. The van der Waals surface area contributed by atoms with Gasteiger partial charge in [0.05, 0.1) is 6.04 Å². The lowest BCUT2D eigenvalue weighted by molar-refractivity contribution is 0.473. The number of rotatable bonds is 2. The molecule has 0 bridgehead atoms. The smallest absolute Gasteiger partial charge is 0.0542 e. The van der Waals surface area contributed by atoms with Gasteiger partial charge in [-0.05, 0) is 61.6 Å². The Balaban J connectivity index is 1.93. The molecule has 2 aromatic rings. The molecule has 1 saturated heterocycles. The topological polar surface area (TPSA) is 29.3 Å². The summed E-state index contributed by atoms with van der Waals surface area (Å²) in [5, 5.41) is 0.